The minimum atomic E-state index is -0.540. The number of carbonyl (C=O) groups is 2. The number of benzene rings is 2. The Morgan fingerprint density at radius 2 is 1.72 bits per heavy atom. The Balaban J connectivity index is 2.30. The molecule has 156 valence electrons. The number of hydrogen-bond acceptors (Lipinski definition) is 2. The fraction of sp³-hybridized carbons (Fsp3) is 0.417. The summed E-state index contributed by atoms with van der Waals surface area (Å²) in [6, 6.07) is 14.8. The third-order valence-corrected chi connectivity index (χ3v) is 4.84. The van der Waals surface area contributed by atoms with Gasteiger partial charge in [0.15, 0.2) is 0 Å². The lowest BCUT2D eigenvalue weighted by atomic mass is 10.0. The van der Waals surface area contributed by atoms with E-state index < -0.39 is 6.04 Å². The number of carbonyl (C=O) groups excluding carboxylic acids is 2. The number of hydrogen-bond donors (Lipinski definition) is 1. The summed E-state index contributed by atoms with van der Waals surface area (Å²) in [5, 5.41) is 3.66. The molecule has 0 aliphatic heterocycles. The van der Waals surface area contributed by atoms with E-state index in [1.165, 1.54) is 0 Å². The molecular formula is C24H31ClN2O2. The summed E-state index contributed by atoms with van der Waals surface area (Å²) in [4.78, 5) is 27.9. The molecule has 0 unspecified atom stereocenters. The zero-order valence-corrected chi connectivity index (χ0v) is 18.7. The van der Waals surface area contributed by atoms with Crippen molar-refractivity contribution in [2.24, 2.45) is 0 Å². The van der Waals surface area contributed by atoms with Gasteiger partial charge in [-0.25, -0.2) is 0 Å². The normalized spacial score (nSPS) is 12.3. The molecule has 0 bridgehead atoms. The monoisotopic (exact) mass is 414 g/mol. The van der Waals surface area contributed by atoms with Crippen LogP contribution in [0.3, 0.4) is 0 Å². The average molecular weight is 415 g/mol. The Morgan fingerprint density at radius 1 is 1.07 bits per heavy atom. The quantitative estimate of drug-likeness (QED) is 0.699. The van der Waals surface area contributed by atoms with E-state index in [9.17, 15) is 9.59 Å². The van der Waals surface area contributed by atoms with Crippen molar-refractivity contribution in [1.82, 2.24) is 10.2 Å². The summed E-state index contributed by atoms with van der Waals surface area (Å²) in [7, 11) is 0. The molecule has 2 aromatic carbocycles. The van der Waals surface area contributed by atoms with Crippen LogP contribution in [0.4, 0.5) is 0 Å². The van der Waals surface area contributed by atoms with Crippen LogP contribution in [0.15, 0.2) is 48.5 Å². The van der Waals surface area contributed by atoms with Crippen molar-refractivity contribution in [3.05, 3.63) is 70.2 Å². The fourth-order valence-electron chi connectivity index (χ4n) is 3.26. The third kappa shape index (κ3) is 7.21. The van der Waals surface area contributed by atoms with Crippen LogP contribution in [0.5, 0.6) is 0 Å². The highest BCUT2D eigenvalue weighted by molar-refractivity contribution is 6.30. The molecule has 0 aliphatic carbocycles. The molecule has 4 nitrogen and oxygen atoms in total. The predicted molar refractivity (Wildman–Crippen MR) is 119 cm³/mol. The van der Waals surface area contributed by atoms with Crippen molar-refractivity contribution in [1.29, 1.82) is 0 Å². The van der Waals surface area contributed by atoms with Crippen molar-refractivity contribution in [3.63, 3.8) is 0 Å². The van der Waals surface area contributed by atoms with Gasteiger partial charge in [-0.15, -0.1) is 0 Å². The first-order valence-corrected chi connectivity index (χ1v) is 10.4. The summed E-state index contributed by atoms with van der Waals surface area (Å²) in [6.45, 7) is 10.1. The minimum Gasteiger partial charge on any atom is -0.350 e. The number of halogens is 1. The highest BCUT2D eigenvalue weighted by Gasteiger charge is 2.30. The largest absolute Gasteiger partial charge is 0.350 e. The van der Waals surface area contributed by atoms with Crippen LogP contribution in [-0.2, 0) is 22.6 Å². The van der Waals surface area contributed by atoms with Gasteiger partial charge < -0.3 is 10.2 Å². The second-order valence-corrected chi connectivity index (χ2v) is 8.91. The lowest BCUT2D eigenvalue weighted by molar-refractivity contribution is -0.141. The van der Waals surface area contributed by atoms with Crippen molar-refractivity contribution in [2.75, 3.05) is 0 Å². The first-order valence-electron chi connectivity index (χ1n) is 10.0. The Kier molecular flexibility index (Phi) is 7.86. The predicted octanol–water partition coefficient (Wildman–Crippen LogP) is 4.91. The number of rotatable bonds is 7. The Labute approximate surface area is 179 Å². The molecule has 2 rings (SSSR count). The van der Waals surface area contributed by atoms with Gasteiger partial charge in [-0.3, -0.25) is 9.59 Å². The van der Waals surface area contributed by atoms with Gasteiger partial charge >= 0.3 is 0 Å². The van der Waals surface area contributed by atoms with Gasteiger partial charge in [0.2, 0.25) is 11.8 Å². The SMILES string of the molecule is CC[C@H](C(=O)NC(C)(C)C)N(Cc1ccc(Cl)cc1)C(=O)Cc1cccc(C)c1. The maximum Gasteiger partial charge on any atom is 0.243 e. The van der Waals surface area contributed by atoms with Crippen LogP contribution in [-0.4, -0.2) is 28.3 Å². The van der Waals surface area contributed by atoms with Gasteiger partial charge in [0.25, 0.3) is 0 Å². The zero-order valence-electron chi connectivity index (χ0n) is 18.0. The maximum absolute atomic E-state index is 13.3. The Morgan fingerprint density at radius 3 is 2.28 bits per heavy atom. The molecule has 2 aromatic rings. The summed E-state index contributed by atoms with van der Waals surface area (Å²) in [5.74, 6) is -0.201. The molecule has 1 atom stereocenters. The van der Waals surface area contributed by atoms with E-state index in [0.29, 0.717) is 18.0 Å². The fourth-order valence-corrected chi connectivity index (χ4v) is 3.38. The van der Waals surface area contributed by atoms with Crippen LogP contribution >= 0.6 is 11.6 Å². The van der Waals surface area contributed by atoms with Gasteiger partial charge in [-0.2, -0.15) is 0 Å². The minimum absolute atomic E-state index is 0.0681. The van der Waals surface area contributed by atoms with Gasteiger partial charge in [-0.05, 0) is 57.4 Å². The summed E-state index contributed by atoms with van der Waals surface area (Å²) in [5.41, 5.74) is 2.63. The van der Waals surface area contributed by atoms with E-state index in [2.05, 4.69) is 5.32 Å². The van der Waals surface area contributed by atoms with Crippen LogP contribution < -0.4 is 5.32 Å². The molecule has 29 heavy (non-hydrogen) atoms. The van der Waals surface area contributed by atoms with E-state index in [4.69, 9.17) is 11.6 Å². The number of amides is 2. The van der Waals surface area contributed by atoms with Crippen molar-refractivity contribution in [3.8, 4) is 0 Å². The number of nitrogens with one attached hydrogen (secondary N) is 1. The molecule has 0 saturated heterocycles. The number of aryl methyl sites for hydroxylation is 1. The topological polar surface area (TPSA) is 49.4 Å². The third-order valence-electron chi connectivity index (χ3n) is 4.59. The van der Waals surface area contributed by atoms with E-state index >= 15 is 0 Å². The zero-order chi connectivity index (χ0) is 21.6. The summed E-state index contributed by atoms with van der Waals surface area (Å²) in [6.07, 6.45) is 0.795. The highest BCUT2D eigenvalue weighted by Crippen LogP contribution is 2.18. The molecule has 1 N–H and O–H groups in total. The van der Waals surface area contributed by atoms with Crippen molar-refractivity contribution in [2.45, 2.75) is 65.6 Å². The van der Waals surface area contributed by atoms with Crippen LogP contribution in [0.25, 0.3) is 0 Å². The maximum atomic E-state index is 13.3. The highest BCUT2D eigenvalue weighted by atomic mass is 35.5. The average Bonchev–Trinajstić information content (AvgIpc) is 2.61. The molecule has 0 spiro atoms. The van der Waals surface area contributed by atoms with E-state index in [-0.39, 0.29) is 23.8 Å². The lowest BCUT2D eigenvalue weighted by Crippen LogP contribution is -2.53. The van der Waals surface area contributed by atoms with E-state index in [1.807, 2.05) is 71.0 Å². The summed E-state index contributed by atoms with van der Waals surface area (Å²) >= 11 is 6.00. The van der Waals surface area contributed by atoms with Crippen molar-refractivity contribution < 1.29 is 9.59 Å². The van der Waals surface area contributed by atoms with E-state index in [0.717, 1.165) is 16.7 Å². The molecule has 0 radical (unpaired) electrons. The lowest BCUT2D eigenvalue weighted by Gasteiger charge is -2.33. The Bertz CT molecular complexity index is 841. The van der Waals surface area contributed by atoms with Gasteiger partial charge in [0.1, 0.15) is 6.04 Å². The van der Waals surface area contributed by atoms with Crippen LogP contribution in [0.1, 0.15) is 50.8 Å². The first-order chi connectivity index (χ1) is 13.6. The molecule has 5 heteroatoms. The molecule has 0 heterocycles. The number of nitrogens with zero attached hydrogens (tertiary/aromatic N) is 1. The molecule has 0 fully saturated rings. The van der Waals surface area contributed by atoms with Gasteiger partial charge in [0.05, 0.1) is 6.42 Å². The second kappa shape index (κ2) is 9.93. The Hall–Kier alpha value is -2.33. The molecule has 2 amide bonds. The van der Waals surface area contributed by atoms with Crippen molar-refractivity contribution >= 4 is 23.4 Å². The standard InChI is InChI=1S/C24H31ClN2O2/c1-6-21(23(29)26-24(3,4)5)27(16-18-10-12-20(25)13-11-18)22(28)15-19-9-7-8-17(2)14-19/h7-14,21H,6,15-16H2,1-5H3,(H,26,29)/t21-/m1/s1. The first kappa shape index (κ1) is 23.0. The molecule has 0 aliphatic rings. The van der Waals surface area contributed by atoms with Crippen LogP contribution in [0, 0.1) is 6.92 Å². The molecular weight excluding hydrogens is 384 g/mol. The van der Waals surface area contributed by atoms with E-state index in [1.54, 1.807) is 17.0 Å². The smallest absolute Gasteiger partial charge is 0.243 e. The van der Waals surface area contributed by atoms with Crippen LogP contribution in [0.2, 0.25) is 5.02 Å². The van der Waals surface area contributed by atoms with Gasteiger partial charge in [0, 0.05) is 17.1 Å². The molecule has 0 aromatic heterocycles. The second-order valence-electron chi connectivity index (χ2n) is 8.48. The molecule has 0 saturated carbocycles. The summed E-state index contributed by atoms with van der Waals surface area (Å²) < 4.78 is 0. The van der Waals surface area contributed by atoms with Gasteiger partial charge in [-0.1, -0.05) is 60.5 Å².